The maximum absolute atomic E-state index is 9.60. The molecule has 8 heteroatoms. The summed E-state index contributed by atoms with van der Waals surface area (Å²) in [6.07, 6.45) is 1.73. The molecule has 0 spiro atoms. The van der Waals surface area contributed by atoms with Gasteiger partial charge in [-0.15, -0.1) is 0 Å². The van der Waals surface area contributed by atoms with Gasteiger partial charge in [0.25, 0.3) is 6.47 Å². The number of benzene rings is 1. The molecule has 29 heavy (non-hydrogen) atoms. The summed E-state index contributed by atoms with van der Waals surface area (Å²) >= 11 is 0. The zero-order chi connectivity index (χ0) is 21.3. The van der Waals surface area contributed by atoms with Gasteiger partial charge in [-0.25, -0.2) is 4.98 Å². The van der Waals surface area contributed by atoms with Crippen LogP contribution in [0.4, 0.5) is 17.5 Å². The highest BCUT2D eigenvalue weighted by Gasteiger charge is 2.10. The van der Waals surface area contributed by atoms with Crippen molar-refractivity contribution >= 4 is 23.9 Å². The lowest BCUT2D eigenvalue weighted by atomic mass is 10.2. The number of aromatic nitrogens is 2. The second kappa shape index (κ2) is 10.7. The van der Waals surface area contributed by atoms with Crippen LogP contribution in [-0.2, 0) is 16.1 Å². The molecule has 1 fully saturated rings. The molecule has 2 heterocycles. The van der Waals surface area contributed by atoms with Crippen LogP contribution in [0.15, 0.2) is 30.5 Å². The number of ether oxygens (including phenoxy) is 1. The number of nitrogens with two attached hydrogens (primary N) is 1. The van der Waals surface area contributed by atoms with E-state index in [9.17, 15) is 4.79 Å². The lowest BCUT2D eigenvalue weighted by molar-refractivity contribution is -0.138. The molecule has 158 valence electrons. The largest absolute Gasteiger partial charge is 0.462 e. The van der Waals surface area contributed by atoms with E-state index in [1.807, 2.05) is 27.7 Å². The van der Waals surface area contributed by atoms with Crippen molar-refractivity contribution in [2.24, 2.45) is 0 Å². The average Bonchev–Trinajstić information content (AvgIpc) is 2.67. The second-order valence-electron chi connectivity index (χ2n) is 7.94. The van der Waals surface area contributed by atoms with Gasteiger partial charge in [-0.2, -0.15) is 4.98 Å². The predicted octanol–water partition coefficient (Wildman–Crippen LogP) is 2.47. The van der Waals surface area contributed by atoms with E-state index in [-0.39, 0.29) is 5.60 Å². The Morgan fingerprint density at radius 2 is 1.90 bits per heavy atom. The number of hydrogen-bond acceptors (Lipinski definition) is 8. The fourth-order valence-electron chi connectivity index (χ4n) is 2.61. The molecule has 1 aromatic heterocycles. The Morgan fingerprint density at radius 3 is 2.41 bits per heavy atom. The number of nitrogens with zero attached hydrogens (tertiary/aromatic N) is 3. The van der Waals surface area contributed by atoms with Crippen molar-refractivity contribution in [3.8, 4) is 0 Å². The summed E-state index contributed by atoms with van der Waals surface area (Å²) in [7, 11) is 0. The molecule has 0 amide bonds. The Balaban J connectivity index is 0.000000370. The normalized spacial score (nSPS) is 14.5. The van der Waals surface area contributed by atoms with Crippen LogP contribution in [0.1, 0.15) is 31.9 Å². The van der Waals surface area contributed by atoms with E-state index in [0.717, 1.165) is 44.0 Å². The lowest BCUT2D eigenvalue weighted by Crippen LogP contribution is -2.42. The summed E-state index contributed by atoms with van der Waals surface area (Å²) in [6, 6.07) is 8.39. The number of carbonyl (C=O) groups is 1. The van der Waals surface area contributed by atoms with Gasteiger partial charge in [-0.05, 0) is 45.4 Å². The number of anilines is 3. The SMILES string of the molecule is CC(C)(C)OC=O.Cc1cnc(Nc2ccc(CN3CCNCC3)cc2)nc1N. The first-order valence-corrected chi connectivity index (χ1v) is 9.76. The third kappa shape index (κ3) is 8.45. The fraction of sp³-hybridized carbons (Fsp3) is 0.476. The third-order valence-electron chi connectivity index (χ3n) is 4.24. The molecule has 2 aromatic rings. The molecular formula is C21H32N6O2. The molecule has 1 saturated heterocycles. The fourth-order valence-corrected chi connectivity index (χ4v) is 2.61. The quantitative estimate of drug-likeness (QED) is 0.658. The first kappa shape index (κ1) is 22.6. The van der Waals surface area contributed by atoms with Gasteiger partial charge in [-0.1, -0.05) is 12.1 Å². The minimum Gasteiger partial charge on any atom is -0.462 e. The number of carbonyl (C=O) groups excluding carboxylic acids is 1. The van der Waals surface area contributed by atoms with Crippen molar-refractivity contribution in [1.82, 2.24) is 20.2 Å². The van der Waals surface area contributed by atoms with E-state index in [4.69, 9.17) is 5.73 Å². The van der Waals surface area contributed by atoms with E-state index in [2.05, 4.69) is 54.5 Å². The smallest absolute Gasteiger partial charge is 0.293 e. The summed E-state index contributed by atoms with van der Waals surface area (Å²) in [4.78, 5) is 20.5. The highest BCUT2D eigenvalue weighted by Crippen LogP contribution is 2.16. The molecule has 0 radical (unpaired) electrons. The number of nitrogen functional groups attached to an aromatic ring is 1. The van der Waals surface area contributed by atoms with E-state index in [1.165, 1.54) is 5.56 Å². The van der Waals surface area contributed by atoms with Gasteiger partial charge >= 0.3 is 0 Å². The van der Waals surface area contributed by atoms with E-state index >= 15 is 0 Å². The van der Waals surface area contributed by atoms with Crippen LogP contribution in [0.5, 0.6) is 0 Å². The molecule has 4 N–H and O–H groups in total. The van der Waals surface area contributed by atoms with Gasteiger partial charge in [-0.3, -0.25) is 9.69 Å². The molecule has 1 aromatic carbocycles. The van der Waals surface area contributed by atoms with Crippen LogP contribution in [-0.4, -0.2) is 53.1 Å². The van der Waals surface area contributed by atoms with Gasteiger partial charge in [0.2, 0.25) is 5.95 Å². The average molecular weight is 401 g/mol. The molecular weight excluding hydrogens is 368 g/mol. The van der Waals surface area contributed by atoms with Crippen LogP contribution in [0.25, 0.3) is 0 Å². The minimum atomic E-state index is -0.318. The van der Waals surface area contributed by atoms with Crippen molar-refractivity contribution in [1.29, 1.82) is 0 Å². The topological polar surface area (TPSA) is 105 Å². The summed E-state index contributed by atoms with van der Waals surface area (Å²) in [5, 5.41) is 6.55. The summed E-state index contributed by atoms with van der Waals surface area (Å²) in [5.74, 6) is 1.03. The molecule has 3 rings (SSSR count). The molecule has 0 unspecified atom stereocenters. The molecule has 1 aliphatic heterocycles. The highest BCUT2D eigenvalue weighted by molar-refractivity contribution is 5.55. The van der Waals surface area contributed by atoms with Gasteiger partial charge in [0.1, 0.15) is 11.4 Å². The second-order valence-corrected chi connectivity index (χ2v) is 7.94. The molecule has 8 nitrogen and oxygen atoms in total. The lowest BCUT2D eigenvalue weighted by Gasteiger charge is -2.27. The van der Waals surface area contributed by atoms with Crippen LogP contribution in [0.2, 0.25) is 0 Å². The van der Waals surface area contributed by atoms with Gasteiger partial charge in [0.05, 0.1) is 0 Å². The molecule has 0 atom stereocenters. The number of piperazine rings is 1. The zero-order valence-corrected chi connectivity index (χ0v) is 17.7. The van der Waals surface area contributed by atoms with Crippen molar-refractivity contribution in [3.63, 3.8) is 0 Å². The van der Waals surface area contributed by atoms with Crippen LogP contribution < -0.4 is 16.4 Å². The molecule has 0 aliphatic carbocycles. The Bertz CT molecular complexity index is 768. The van der Waals surface area contributed by atoms with Crippen LogP contribution in [0.3, 0.4) is 0 Å². The number of aryl methyl sites for hydroxylation is 1. The number of nitrogens with one attached hydrogen (secondary N) is 2. The molecule has 1 aliphatic rings. The highest BCUT2D eigenvalue weighted by atomic mass is 16.5. The Kier molecular flexibility index (Phi) is 8.35. The maximum Gasteiger partial charge on any atom is 0.293 e. The monoisotopic (exact) mass is 400 g/mol. The van der Waals surface area contributed by atoms with Crippen molar-refractivity contribution in [2.75, 3.05) is 37.2 Å². The zero-order valence-electron chi connectivity index (χ0n) is 17.7. The summed E-state index contributed by atoms with van der Waals surface area (Å²) < 4.78 is 4.55. The van der Waals surface area contributed by atoms with Crippen molar-refractivity contribution in [2.45, 2.75) is 39.8 Å². The van der Waals surface area contributed by atoms with Gasteiger partial charge in [0, 0.05) is 50.2 Å². The van der Waals surface area contributed by atoms with E-state index < -0.39 is 0 Å². The molecule has 0 bridgehead atoms. The Labute approximate surface area is 172 Å². The maximum atomic E-state index is 9.60. The standard InChI is InChI=1S/C16H22N6.C5H10O2/c1-12-10-19-16(21-15(12)17)20-14-4-2-13(3-5-14)11-22-8-6-18-7-9-22;1-5(2,3)7-4-6/h2-5,10,18H,6-9,11H2,1H3,(H3,17,19,20,21);4H,1-3H3. The Morgan fingerprint density at radius 1 is 1.24 bits per heavy atom. The first-order valence-electron chi connectivity index (χ1n) is 9.76. The van der Waals surface area contributed by atoms with E-state index in [0.29, 0.717) is 18.2 Å². The Hall–Kier alpha value is -2.71. The van der Waals surface area contributed by atoms with Crippen molar-refractivity contribution in [3.05, 3.63) is 41.6 Å². The summed E-state index contributed by atoms with van der Waals surface area (Å²) in [6.45, 7) is 13.2. The number of hydrogen-bond donors (Lipinski definition) is 3. The van der Waals surface area contributed by atoms with Crippen LogP contribution in [0, 0.1) is 6.92 Å². The minimum absolute atomic E-state index is 0.318. The predicted molar refractivity (Wildman–Crippen MR) is 116 cm³/mol. The molecule has 0 saturated carbocycles. The van der Waals surface area contributed by atoms with Gasteiger partial charge < -0.3 is 21.1 Å². The van der Waals surface area contributed by atoms with Crippen LogP contribution >= 0.6 is 0 Å². The first-order chi connectivity index (χ1) is 13.8. The summed E-state index contributed by atoms with van der Waals surface area (Å²) in [5.41, 5.74) is 8.65. The van der Waals surface area contributed by atoms with Crippen molar-refractivity contribution < 1.29 is 9.53 Å². The van der Waals surface area contributed by atoms with E-state index in [1.54, 1.807) is 6.20 Å². The number of rotatable bonds is 5. The third-order valence-corrected chi connectivity index (χ3v) is 4.24. The van der Waals surface area contributed by atoms with Gasteiger partial charge in [0.15, 0.2) is 0 Å².